The Labute approximate surface area is 114 Å². The number of esters is 1. The highest BCUT2D eigenvalue weighted by Crippen LogP contribution is 2.25. The maximum Gasteiger partial charge on any atom is 0.338 e. The van der Waals surface area contributed by atoms with Crippen LogP contribution in [0, 0.1) is 0 Å². The van der Waals surface area contributed by atoms with Crippen LogP contribution in [0.4, 0.5) is 0 Å². The van der Waals surface area contributed by atoms with Crippen molar-refractivity contribution in [2.75, 3.05) is 6.61 Å². The Morgan fingerprint density at radius 3 is 2.16 bits per heavy atom. The second-order valence-corrected chi connectivity index (χ2v) is 5.51. The minimum atomic E-state index is -1.56. The van der Waals surface area contributed by atoms with E-state index in [2.05, 4.69) is 25.5 Å². The lowest BCUT2D eigenvalue weighted by atomic mass is 9.86. The van der Waals surface area contributed by atoms with Crippen molar-refractivity contribution in [3.63, 3.8) is 0 Å². The van der Waals surface area contributed by atoms with E-state index >= 15 is 0 Å². The highest BCUT2D eigenvalue weighted by Gasteiger charge is 2.27. The smallest absolute Gasteiger partial charge is 0.338 e. The third kappa shape index (κ3) is 4.04. The normalized spacial score (nSPS) is 14.8. The first kappa shape index (κ1) is 15.7. The summed E-state index contributed by atoms with van der Waals surface area (Å²) in [5.74, 6) is -0.810. The van der Waals surface area contributed by atoms with E-state index in [0.717, 1.165) is 5.56 Å². The molecule has 106 valence electrons. The summed E-state index contributed by atoms with van der Waals surface area (Å²) < 4.78 is 4.68. The molecule has 0 bridgehead atoms. The van der Waals surface area contributed by atoms with Crippen molar-refractivity contribution in [3.8, 4) is 0 Å². The lowest BCUT2D eigenvalue weighted by Gasteiger charge is -2.21. The number of aliphatic hydroxyl groups excluding tert-OH is 2. The zero-order chi connectivity index (χ0) is 14.6. The zero-order valence-corrected chi connectivity index (χ0v) is 11.9. The van der Waals surface area contributed by atoms with Gasteiger partial charge in [0.2, 0.25) is 0 Å². The van der Waals surface area contributed by atoms with Gasteiger partial charge < -0.3 is 14.9 Å². The van der Waals surface area contributed by atoms with Crippen molar-refractivity contribution < 1.29 is 19.7 Å². The molecule has 0 aliphatic rings. The molecule has 0 amide bonds. The fourth-order valence-electron chi connectivity index (χ4n) is 1.72. The maximum atomic E-state index is 11.4. The van der Waals surface area contributed by atoms with Gasteiger partial charge in [0, 0.05) is 0 Å². The largest absolute Gasteiger partial charge is 0.464 e. The van der Waals surface area contributed by atoms with Gasteiger partial charge in [-0.1, -0.05) is 45.0 Å². The summed E-state index contributed by atoms with van der Waals surface area (Å²) in [6.07, 6.45) is -2.83. The molecule has 4 heteroatoms. The van der Waals surface area contributed by atoms with Crippen LogP contribution in [0.5, 0.6) is 0 Å². The second kappa shape index (κ2) is 6.17. The molecule has 0 heterocycles. The molecular formula is C15H22O4. The van der Waals surface area contributed by atoms with Gasteiger partial charge in [-0.15, -0.1) is 0 Å². The van der Waals surface area contributed by atoms with Crippen LogP contribution < -0.4 is 0 Å². The number of hydrogen-bond donors (Lipinski definition) is 2. The van der Waals surface area contributed by atoms with Crippen LogP contribution in [0.15, 0.2) is 24.3 Å². The topological polar surface area (TPSA) is 66.8 Å². The fourth-order valence-corrected chi connectivity index (χ4v) is 1.72. The number of benzene rings is 1. The van der Waals surface area contributed by atoms with Gasteiger partial charge in [-0.25, -0.2) is 4.79 Å². The van der Waals surface area contributed by atoms with Gasteiger partial charge >= 0.3 is 5.97 Å². The van der Waals surface area contributed by atoms with Crippen LogP contribution in [-0.2, 0) is 14.9 Å². The first-order chi connectivity index (χ1) is 8.77. The average molecular weight is 266 g/mol. The lowest BCUT2D eigenvalue weighted by Crippen LogP contribution is -2.29. The Hall–Kier alpha value is -1.39. The minimum absolute atomic E-state index is 0.0171. The summed E-state index contributed by atoms with van der Waals surface area (Å²) >= 11 is 0. The monoisotopic (exact) mass is 266 g/mol. The van der Waals surface area contributed by atoms with Crippen molar-refractivity contribution in [3.05, 3.63) is 35.4 Å². The summed E-state index contributed by atoms with van der Waals surface area (Å²) in [6.45, 7) is 8.09. The number of carbonyl (C=O) groups excluding carboxylic acids is 1. The molecule has 0 fully saturated rings. The molecule has 0 aliphatic carbocycles. The van der Waals surface area contributed by atoms with E-state index in [1.54, 1.807) is 19.1 Å². The predicted molar refractivity (Wildman–Crippen MR) is 72.7 cm³/mol. The number of aliphatic hydroxyl groups is 2. The average Bonchev–Trinajstić information content (AvgIpc) is 2.36. The molecule has 4 nitrogen and oxygen atoms in total. The van der Waals surface area contributed by atoms with Gasteiger partial charge in [0.25, 0.3) is 0 Å². The summed E-state index contributed by atoms with van der Waals surface area (Å²) in [4.78, 5) is 11.4. The highest BCUT2D eigenvalue weighted by molar-refractivity contribution is 5.75. The van der Waals surface area contributed by atoms with Crippen molar-refractivity contribution in [1.29, 1.82) is 0 Å². The second-order valence-electron chi connectivity index (χ2n) is 5.51. The Bertz CT molecular complexity index is 417. The van der Waals surface area contributed by atoms with Crippen LogP contribution in [-0.4, -0.2) is 28.9 Å². The van der Waals surface area contributed by atoms with Crippen molar-refractivity contribution in [2.24, 2.45) is 0 Å². The van der Waals surface area contributed by atoms with Crippen molar-refractivity contribution in [1.82, 2.24) is 0 Å². The van der Waals surface area contributed by atoms with Crippen molar-refractivity contribution >= 4 is 5.97 Å². The Morgan fingerprint density at radius 1 is 1.21 bits per heavy atom. The molecule has 19 heavy (non-hydrogen) atoms. The van der Waals surface area contributed by atoms with E-state index < -0.39 is 18.2 Å². The molecule has 0 saturated carbocycles. The van der Waals surface area contributed by atoms with E-state index in [1.165, 1.54) is 0 Å². The van der Waals surface area contributed by atoms with Gasteiger partial charge in [-0.3, -0.25) is 0 Å². The van der Waals surface area contributed by atoms with Gasteiger partial charge in [-0.05, 0) is 23.5 Å². The molecule has 0 aromatic heterocycles. The fraction of sp³-hybridized carbons (Fsp3) is 0.533. The molecule has 0 radical (unpaired) electrons. The molecule has 2 atom stereocenters. The summed E-state index contributed by atoms with van der Waals surface area (Å²) in [6, 6.07) is 7.20. The Kier molecular flexibility index (Phi) is 5.09. The van der Waals surface area contributed by atoms with Gasteiger partial charge in [0.05, 0.1) is 6.61 Å². The molecule has 0 saturated heterocycles. The first-order valence-corrected chi connectivity index (χ1v) is 6.40. The number of hydrogen-bond acceptors (Lipinski definition) is 4. The van der Waals surface area contributed by atoms with Crippen LogP contribution in [0.25, 0.3) is 0 Å². The minimum Gasteiger partial charge on any atom is -0.464 e. The van der Waals surface area contributed by atoms with E-state index in [4.69, 9.17) is 0 Å². The molecule has 0 aliphatic heterocycles. The lowest BCUT2D eigenvalue weighted by molar-refractivity contribution is -0.159. The molecular weight excluding hydrogens is 244 g/mol. The molecule has 0 spiro atoms. The molecule has 1 rings (SSSR count). The zero-order valence-electron chi connectivity index (χ0n) is 11.9. The summed E-state index contributed by atoms with van der Waals surface area (Å²) in [5, 5.41) is 19.6. The van der Waals surface area contributed by atoms with Crippen molar-refractivity contribution in [2.45, 2.75) is 45.3 Å². The Balaban J connectivity index is 2.83. The summed E-state index contributed by atoms with van der Waals surface area (Å²) in [7, 11) is 0. The number of carbonyl (C=O) groups is 1. The molecule has 1 aromatic rings. The number of rotatable bonds is 4. The van der Waals surface area contributed by atoms with Gasteiger partial charge in [0.15, 0.2) is 6.10 Å². The third-order valence-corrected chi connectivity index (χ3v) is 2.95. The van der Waals surface area contributed by atoms with Crippen LogP contribution in [0.2, 0.25) is 0 Å². The van der Waals surface area contributed by atoms with E-state index in [0.29, 0.717) is 5.56 Å². The molecule has 1 aromatic carbocycles. The van der Waals surface area contributed by atoms with E-state index in [-0.39, 0.29) is 12.0 Å². The Morgan fingerprint density at radius 2 is 1.74 bits per heavy atom. The number of ether oxygens (including phenoxy) is 1. The van der Waals surface area contributed by atoms with Gasteiger partial charge in [0.1, 0.15) is 6.10 Å². The predicted octanol–water partition coefficient (Wildman–Crippen LogP) is 1.94. The standard InChI is InChI=1S/C15H22O4/c1-5-19-14(18)13(17)12(16)10-6-8-11(9-7-10)15(2,3)4/h6-9,12-13,16-17H,5H2,1-4H3. The maximum absolute atomic E-state index is 11.4. The first-order valence-electron chi connectivity index (χ1n) is 6.40. The van der Waals surface area contributed by atoms with Gasteiger partial charge in [-0.2, -0.15) is 0 Å². The van der Waals surface area contributed by atoms with Crippen LogP contribution in [0.3, 0.4) is 0 Å². The highest BCUT2D eigenvalue weighted by atomic mass is 16.5. The molecule has 2 N–H and O–H groups in total. The SMILES string of the molecule is CCOC(=O)C(O)C(O)c1ccc(C(C)(C)C)cc1. The van der Waals surface area contributed by atoms with Crippen LogP contribution in [0.1, 0.15) is 44.9 Å². The summed E-state index contributed by atoms with van der Waals surface area (Å²) in [5.41, 5.74) is 1.63. The molecule has 2 unspecified atom stereocenters. The van der Waals surface area contributed by atoms with Crippen LogP contribution >= 0.6 is 0 Å². The third-order valence-electron chi connectivity index (χ3n) is 2.95. The van der Waals surface area contributed by atoms with E-state index in [1.807, 2.05) is 12.1 Å². The van der Waals surface area contributed by atoms with E-state index in [9.17, 15) is 15.0 Å². The quantitative estimate of drug-likeness (QED) is 0.817.